The van der Waals surface area contributed by atoms with Gasteiger partial charge in [0.2, 0.25) is 5.88 Å². The first-order valence-electron chi connectivity index (χ1n) is 12.0. The summed E-state index contributed by atoms with van der Waals surface area (Å²) < 4.78 is 17.0. The van der Waals surface area contributed by atoms with Crippen molar-refractivity contribution in [3.8, 4) is 28.8 Å². The van der Waals surface area contributed by atoms with Crippen molar-refractivity contribution in [2.45, 2.75) is 45.8 Å². The van der Waals surface area contributed by atoms with E-state index in [2.05, 4.69) is 27.2 Å². The van der Waals surface area contributed by atoms with E-state index >= 15 is 0 Å². The molecule has 1 aliphatic heterocycles. The minimum atomic E-state index is -0.545. The van der Waals surface area contributed by atoms with Gasteiger partial charge >= 0.3 is 6.09 Å². The average molecular weight is 492 g/mol. The number of benzene rings is 1. The molecule has 1 amide bonds. The SMILES string of the molecule is COc1ccc(Oc2nc(-c3cccnc3)ncc2NC[C@@H]2C[C@@H](C)CN2C(=O)OC(C)(C)C)cc1. The van der Waals surface area contributed by atoms with Gasteiger partial charge in [-0.2, -0.15) is 4.98 Å². The largest absolute Gasteiger partial charge is 0.497 e. The average Bonchev–Trinajstić information content (AvgIpc) is 3.24. The summed E-state index contributed by atoms with van der Waals surface area (Å²) in [4.78, 5) is 28.0. The number of nitrogens with zero attached hydrogens (tertiary/aromatic N) is 4. The predicted molar refractivity (Wildman–Crippen MR) is 137 cm³/mol. The number of hydrogen-bond donors (Lipinski definition) is 1. The molecule has 0 radical (unpaired) electrons. The summed E-state index contributed by atoms with van der Waals surface area (Å²) in [5.74, 6) is 2.60. The Bertz CT molecular complexity index is 1170. The number of amides is 1. The Kier molecular flexibility index (Phi) is 7.57. The second-order valence-electron chi connectivity index (χ2n) is 9.94. The number of likely N-dealkylation sites (tertiary alicyclic amines) is 1. The Morgan fingerprint density at radius 1 is 1.14 bits per heavy atom. The van der Waals surface area contributed by atoms with E-state index in [9.17, 15) is 4.79 Å². The van der Waals surface area contributed by atoms with E-state index in [1.165, 1.54) is 0 Å². The molecule has 1 fully saturated rings. The van der Waals surface area contributed by atoms with E-state index in [1.807, 2.05) is 57.2 Å². The number of hydrogen-bond acceptors (Lipinski definition) is 8. The molecule has 2 atom stereocenters. The fraction of sp³-hybridized carbons (Fsp3) is 0.407. The van der Waals surface area contributed by atoms with E-state index in [4.69, 9.17) is 14.2 Å². The number of carbonyl (C=O) groups is 1. The van der Waals surface area contributed by atoms with E-state index < -0.39 is 5.60 Å². The van der Waals surface area contributed by atoms with Crippen LogP contribution in [0.15, 0.2) is 55.0 Å². The van der Waals surface area contributed by atoms with E-state index in [0.717, 1.165) is 17.7 Å². The summed E-state index contributed by atoms with van der Waals surface area (Å²) in [5.41, 5.74) is 0.863. The topological polar surface area (TPSA) is 98.7 Å². The van der Waals surface area contributed by atoms with Gasteiger partial charge in [0.05, 0.1) is 19.3 Å². The second-order valence-corrected chi connectivity index (χ2v) is 9.94. The van der Waals surface area contributed by atoms with Gasteiger partial charge < -0.3 is 24.4 Å². The number of pyridine rings is 1. The first kappa shape index (κ1) is 25.2. The van der Waals surface area contributed by atoms with Crippen molar-refractivity contribution in [3.63, 3.8) is 0 Å². The van der Waals surface area contributed by atoms with Gasteiger partial charge in [-0.15, -0.1) is 0 Å². The first-order valence-corrected chi connectivity index (χ1v) is 12.0. The number of carbonyl (C=O) groups excluding carboxylic acids is 1. The monoisotopic (exact) mass is 491 g/mol. The minimum Gasteiger partial charge on any atom is -0.497 e. The molecule has 9 nitrogen and oxygen atoms in total. The van der Waals surface area contributed by atoms with Crippen molar-refractivity contribution in [3.05, 3.63) is 55.0 Å². The van der Waals surface area contributed by atoms with Gasteiger partial charge in [-0.05, 0) is 69.5 Å². The van der Waals surface area contributed by atoms with Crippen LogP contribution >= 0.6 is 0 Å². The van der Waals surface area contributed by atoms with Crippen LogP contribution in [-0.4, -0.2) is 57.8 Å². The maximum Gasteiger partial charge on any atom is 0.410 e. The minimum absolute atomic E-state index is 0.0262. The van der Waals surface area contributed by atoms with Crippen molar-refractivity contribution in [2.24, 2.45) is 5.92 Å². The molecule has 3 aromatic rings. The van der Waals surface area contributed by atoms with Crippen LogP contribution in [0.4, 0.5) is 10.5 Å². The third kappa shape index (κ3) is 6.41. The highest BCUT2D eigenvalue weighted by atomic mass is 16.6. The predicted octanol–water partition coefficient (Wildman–Crippen LogP) is 5.40. The maximum absolute atomic E-state index is 12.8. The van der Waals surface area contributed by atoms with Gasteiger partial charge in [0.15, 0.2) is 5.82 Å². The van der Waals surface area contributed by atoms with Crippen LogP contribution in [0.3, 0.4) is 0 Å². The highest BCUT2D eigenvalue weighted by Crippen LogP contribution is 2.31. The lowest BCUT2D eigenvalue weighted by Crippen LogP contribution is -2.42. The molecule has 2 aromatic heterocycles. The fourth-order valence-corrected chi connectivity index (χ4v) is 4.07. The summed E-state index contributed by atoms with van der Waals surface area (Å²) in [6.07, 6.45) is 5.68. The Hall–Kier alpha value is -3.88. The molecule has 1 aromatic carbocycles. The van der Waals surface area contributed by atoms with Crippen LogP contribution in [0.2, 0.25) is 0 Å². The van der Waals surface area contributed by atoms with Crippen LogP contribution in [0.1, 0.15) is 34.1 Å². The number of rotatable bonds is 7. The van der Waals surface area contributed by atoms with Gasteiger partial charge in [0.1, 0.15) is 22.8 Å². The number of ether oxygens (including phenoxy) is 3. The van der Waals surface area contributed by atoms with Crippen LogP contribution < -0.4 is 14.8 Å². The molecule has 1 aliphatic rings. The van der Waals surface area contributed by atoms with E-state index in [0.29, 0.717) is 42.1 Å². The Morgan fingerprint density at radius 2 is 1.89 bits per heavy atom. The van der Waals surface area contributed by atoms with Crippen LogP contribution in [0.5, 0.6) is 17.4 Å². The van der Waals surface area contributed by atoms with E-state index in [-0.39, 0.29) is 12.1 Å². The summed E-state index contributed by atoms with van der Waals surface area (Å²) in [6.45, 7) is 8.94. The van der Waals surface area contributed by atoms with E-state index in [1.54, 1.807) is 30.6 Å². The molecule has 3 heterocycles. The van der Waals surface area contributed by atoms with Crippen molar-refractivity contribution in [2.75, 3.05) is 25.5 Å². The summed E-state index contributed by atoms with van der Waals surface area (Å²) in [6, 6.07) is 11.0. The third-order valence-electron chi connectivity index (χ3n) is 5.73. The lowest BCUT2D eigenvalue weighted by molar-refractivity contribution is 0.0230. The quantitative estimate of drug-likeness (QED) is 0.469. The molecule has 0 saturated carbocycles. The lowest BCUT2D eigenvalue weighted by atomic mass is 10.1. The molecule has 4 rings (SSSR count). The molecule has 190 valence electrons. The zero-order chi connectivity index (χ0) is 25.7. The van der Waals surface area contributed by atoms with Gasteiger partial charge in [-0.1, -0.05) is 6.92 Å². The molecule has 0 aliphatic carbocycles. The van der Waals surface area contributed by atoms with Gasteiger partial charge in [0.25, 0.3) is 0 Å². The maximum atomic E-state index is 12.8. The molecule has 1 saturated heterocycles. The summed E-state index contributed by atoms with van der Waals surface area (Å²) >= 11 is 0. The van der Waals surface area contributed by atoms with Crippen molar-refractivity contribution in [1.82, 2.24) is 19.9 Å². The fourth-order valence-electron chi connectivity index (χ4n) is 4.07. The number of anilines is 1. The van der Waals surface area contributed by atoms with Gasteiger partial charge in [0, 0.05) is 31.0 Å². The number of nitrogens with one attached hydrogen (secondary N) is 1. The zero-order valence-corrected chi connectivity index (χ0v) is 21.4. The number of methoxy groups -OCH3 is 1. The normalized spacial score (nSPS) is 17.5. The summed E-state index contributed by atoms with van der Waals surface area (Å²) in [5, 5.41) is 3.41. The molecule has 0 unspecified atom stereocenters. The van der Waals surface area contributed by atoms with Crippen molar-refractivity contribution in [1.29, 1.82) is 0 Å². The first-order chi connectivity index (χ1) is 17.2. The Morgan fingerprint density at radius 3 is 2.56 bits per heavy atom. The van der Waals surface area contributed by atoms with Crippen LogP contribution in [-0.2, 0) is 4.74 Å². The molecule has 1 N–H and O–H groups in total. The molecular formula is C27H33N5O4. The lowest BCUT2D eigenvalue weighted by Gasteiger charge is -2.29. The van der Waals surface area contributed by atoms with Crippen molar-refractivity contribution >= 4 is 11.8 Å². The smallest absolute Gasteiger partial charge is 0.410 e. The Balaban J connectivity index is 1.56. The van der Waals surface area contributed by atoms with Crippen LogP contribution in [0.25, 0.3) is 11.4 Å². The molecule has 9 heteroatoms. The molecule has 0 bridgehead atoms. The molecule has 0 spiro atoms. The molecule has 36 heavy (non-hydrogen) atoms. The zero-order valence-electron chi connectivity index (χ0n) is 21.4. The highest BCUT2D eigenvalue weighted by molar-refractivity contribution is 5.69. The van der Waals surface area contributed by atoms with Crippen LogP contribution in [0, 0.1) is 5.92 Å². The Labute approximate surface area is 211 Å². The number of aromatic nitrogens is 3. The van der Waals surface area contributed by atoms with Gasteiger partial charge in [-0.25, -0.2) is 9.78 Å². The standard InChI is InChI=1S/C27H33N5O4/c1-18-13-20(32(17-18)26(33)36-27(2,3)4)15-29-23-16-30-24(19-7-6-12-28-14-19)31-25(23)35-22-10-8-21(34-5)9-11-22/h6-12,14,16,18,20,29H,13,15,17H2,1-5H3/t18-,20+/m1/s1. The summed E-state index contributed by atoms with van der Waals surface area (Å²) in [7, 11) is 1.62. The molecular weight excluding hydrogens is 458 g/mol. The van der Waals surface area contributed by atoms with Crippen molar-refractivity contribution < 1.29 is 19.0 Å². The van der Waals surface area contributed by atoms with Gasteiger partial charge in [-0.3, -0.25) is 4.98 Å². The second kappa shape index (κ2) is 10.8. The third-order valence-corrected chi connectivity index (χ3v) is 5.73. The highest BCUT2D eigenvalue weighted by Gasteiger charge is 2.35.